The molecule has 178 valence electrons. The first kappa shape index (κ1) is 22.8. The highest BCUT2D eigenvalue weighted by Crippen LogP contribution is 2.43. The number of hydrogen-bond donors (Lipinski definition) is 3. The normalized spacial score (nSPS) is 14.3. The van der Waals surface area contributed by atoms with E-state index in [1.54, 1.807) is 11.3 Å². The van der Waals surface area contributed by atoms with Crippen LogP contribution in [0.3, 0.4) is 0 Å². The summed E-state index contributed by atoms with van der Waals surface area (Å²) < 4.78 is 0. The van der Waals surface area contributed by atoms with Gasteiger partial charge in [-0.15, -0.1) is 0 Å². The van der Waals surface area contributed by atoms with Gasteiger partial charge >= 0.3 is 0 Å². The number of benzene rings is 2. The molecule has 6 rings (SSSR count). The molecule has 0 saturated heterocycles. The molecule has 1 aliphatic rings. The number of aromatic amines is 2. The fraction of sp³-hybridized carbons (Fsp3) is 0.231. The zero-order valence-electron chi connectivity index (χ0n) is 19.8. The van der Waals surface area contributed by atoms with E-state index in [4.69, 9.17) is 14.9 Å². The zero-order chi connectivity index (χ0) is 24.9. The van der Waals surface area contributed by atoms with Crippen LogP contribution in [0.15, 0.2) is 47.2 Å². The van der Waals surface area contributed by atoms with E-state index in [9.17, 15) is 4.79 Å². The van der Waals surface area contributed by atoms with Crippen LogP contribution >= 0.6 is 11.3 Å². The third kappa shape index (κ3) is 3.77. The Morgan fingerprint density at radius 2 is 1.91 bits per heavy atom. The van der Waals surface area contributed by atoms with Gasteiger partial charge < -0.3 is 15.0 Å². The summed E-state index contributed by atoms with van der Waals surface area (Å²) in [4.78, 5) is 32.0. The van der Waals surface area contributed by atoms with Gasteiger partial charge in [-0.2, -0.15) is 16.4 Å². The van der Waals surface area contributed by atoms with Gasteiger partial charge in [-0.05, 0) is 78.6 Å². The first-order valence-corrected chi connectivity index (χ1v) is 12.2. The monoisotopic (exact) mass is 487 g/mol. The van der Waals surface area contributed by atoms with Crippen molar-refractivity contribution in [2.24, 2.45) is 0 Å². The topological polar surface area (TPSA) is 115 Å². The minimum Gasteiger partial charge on any atom is -0.481 e. The van der Waals surface area contributed by atoms with Gasteiger partial charge in [0.05, 0.1) is 27.7 Å². The SMILES string of the molecule is CC(=O)O.CCN1C(=O)C(C)(C)c2cc3[nH]c(-c4n[nH]c5ccc(-c6ccsc6)cc45)nc3cc21. The lowest BCUT2D eigenvalue weighted by Crippen LogP contribution is -2.35. The number of thiophene rings is 1. The van der Waals surface area contributed by atoms with Gasteiger partial charge in [0.2, 0.25) is 5.91 Å². The molecule has 8 nitrogen and oxygen atoms in total. The number of carbonyl (C=O) groups excluding carboxylic acids is 1. The molecular weight excluding hydrogens is 462 g/mol. The summed E-state index contributed by atoms with van der Waals surface area (Å²) in [6, 6.07) is 12.5. The van der Waals surface area contributed by atoms with Crippen LogP contribution in [0.1, 0.15) is 33.3 Å². The van der Waals surface area contributed by atoms with E-state index < -0.39 is 11.4 Å². The molecule has 3 N–H and O–H groups in total. The summed E-state index contributed by atoms with van der Waals surface area (Å²) in [6.07, 6.45) is 0. The van der Waals surface area contributed by atoms with Crippen molar-refractivity contribution in [3.8, 4) is 22.6 Å². The largest absolute Gasteiger partial charge is 0.481 e. The Morgan fingerprint density at radius 1 is 1.14 bits per heavy atom. The Bertz CT molecular complexity index is 1580. The number of carboxylic acids is 1. The van der Waals surface area contributed by atoms with Crippen LogP contribution in [0.4, 0.5) is 5.69 Å². The van der Waals surface area contributed by atoms with Gasteiger partial charge in [0.1, 0.15) is 5.69 Å². The van der Waals surface area contributed by atoms with Crippen LogP contribution in [0.2, 0.25) is 0 Å². The molecule has 1 aliphatic heterocycles. The molecule has 0 bridgehead atoms. The van der Waals surface area contributed by atoms with E-state index in [1.165, 1.54) is 5.56 Å². The third-order valence-electron chi connectivity index (χ3n) is 6.30. The Labute approximate surface area is 205 Å². The molecule has 5 aromatic rings. The lowest BCUT2D eigenvalue weighted by Gasteiger charge is -2.18. The molecule has 0 saturated carbocycles. The molecule has 2 aromatic carbocycles. The maximum absolute atomic E-state index is 12.8. The molecule has 0 spiro atoms. The van der Waals surface area contributed by atoms with Crippen LogP contribution < -0.4 is 4.90 Å². The third-order valence-corrected chi connectivity index (χ3v) is 6.98. The first-order valence-electron chi connectivity index (χ1n) is 11.3. The quantitative estimate of drug-likeness (QED) is 0.308. The number of amides is 1. The lowest BCUT2D eigenvalue weighted by molar-refractivity contribution is -0.134. The molecule has 9 heteroatoms. The van der Waals surface area contributed by atoms with Crippen molar-refractivity contribution < 1.29 is 14.7 Å². The average molecular weight is 488 g/mol. The van der Waals surface area contributed by atoms with E-state index in [2.05, 4.69) is 56.3 Å². The second-order valence-electron chi connectivity index (χ2n) is 9.01. The molecule has 0 aliphatic carbocycles. The van der Waals surface area contributed by atoms with Gasteiger partial charge in [0, 0.05) is 18.9 Å². The fourth-order valence-corrected chi connectivity index (χ4v) is 5.23. The Hall–Kier alpha value is -3.98. The van der Waals surface area contributed by atoms with Crippen molar-refractivity contribution in [2.45, 2.75) is 33.1 Å². The number of anilines is 1. The summed E-state index contributed by atoms with van der Waals surface area (Å²) in [5, 5.41) is 20.4. The van der Waals surface area contributed by atoms with Gasteiger partial charge in [-0.1, -0.05) is 6.07 Å². The molecule has 4 heterocycles. The molecular formula is C26H25N5O3S. The summed E-state index contributed by atoms with van der Waals surface area (Å²) in [6.45, 7) is 7.71. The second kappa shape index (κ2) is 8.35. The molecule has 0 fully saturated rings. The van der Waals surface area contributed by atoms with E-state index >= 15 is 0 Å². The van der Waals surface area contributed by atoms with Crippen molar-refractivity contribution in [1.82, 2.24) is 20.2 Å². The number of imidazole rings is 1. The van der Waals surface area contributed by atoms with E-state index in [0.717, 1.165) is 57.2 Å². The predicted molar refractivity (Wildman–Crippen MR) is 139 cm³/mol. The number of aliphatic carboxylic acids is 1. The van der Waals surface area contributed by atoms with E-state index in [0.29, 0.717) is 6.54 Å². The van der Waals surface area contributed by atoms with Crippen LogP contribution in [0.5, 0.6) is 0 Å². The molecule has 3 aromatic heterocycles. The minimum atomic E-state index is -0.833. The smallest absolute Gasteiger partial charge is 0.300 e. The van der Waals surface area contributed by atoms with Crippen molar-refractivity contribution >= 4 is 50.8 Å². The predicted octanol–water partition coefficient (Wildman–Crippen LogP) is 5.57. The van der Waals surface area contributed by atoms with Crippen molar-refractivity contribution in [3.05, 3.63) is 52.7 Å². The summed E-state index contributed by atoms with van der Waals surface area (Å²) >= 11 is 1.69. The first-order chi connectivity index (χ1) is 16.7. The zero-order valence-corrected chi connectivity index (χ0v) is 20.7. The number of hydrogen-bond acceptors (Lipinski definition) is 5. The molecule has 0 atom stereocenters. The average Bonchev–Trinajstić information content (AvgIpc) is 3.58. The minimum absolute atomic E-state index is 0.136. The van der Waals surface area contributed by atoms with Crippen LogP contribution in [0, 0.1) is 0 Å². The van der Waals surface area contributed by atoms with E-state index in [1.807, 2.05) is 31.7 Å². The standard InChI is InChI=1S/C24H21N5OS.C2H4O2/c1-4-29-20-11-19-18(10-16(20)24(2,3)23(29)30)25-22(26-19)21-15-9-13(14-7-8-31-12-14)5-6-17(15)27-28-21;1-2(3)4/h5-12H,4H2,1-3H3,(H,25,26)(H,27,28);1H3,(H,3,4). The van der Waals surface area contributed by atoms with E-state index in [-0.39, 0.29) is 5.91 Å². The molecule has 35 heavy (non-hydrogen) atoms. The number of carboxylic acid groups (broad SMARTS) is 1. The highest BCUT2D eigenvalue weighted by molar-refractivity contribution is 7.08. The fourth-order valence-electron chi connectivity index (χ4n) is 4.56. The molecule has 0 radical (unpaired) electrons. The maximum Gasteiger partial charge on any atom is 0.300 e. The number of nitrogens with zero attached hydrogens (tertiary/aromatic N) is 3. The second-order valence-corrected chi connectivity index (χ2v) is 9.79. The van der Waals surface area contributed by atoms with Gasteiger partial charge in [0.25, 0.3) is 5.97 Å². The number of nitrogens with one attached hydrogen (secondary N) is 2. The Balaban J connectivity index is 0.000000591. The molecule has 0 unspecified atom stereocenters. The number of likely N-dealkylation sites (N-methyl/N-ethyl adjacent to an activating group) is 1. The van der Waals surface area contributed by atoms with Gasteiger partial charge in [-0.25, -0.2) is 4.98 Å². The van der Waals surface area contributed by atoms with Crippen molar-refractivity contribution in [2.75, 3.05) is 11.4 Å². The number of rotatable bonds is 3. The molecule has 1 amide bonds. The Kier molecular flexibility index (Phi) is 5.44. The lowest BCUT2D eigenvalue weighted by atomic mass is 9.86. The summed E-state index contributed by atoms with van der Waals surface area (Å²) in [5.74, 6) is 0.0247. The maximum atomic E-state index is 12.8. The highest BCUT2D eigenvalue weighted by atomic mass is 32.1. The van der Waals surface area contributed by atoms with Crippen LogP contribution in [-0.4, -0.2) is 43.7 Å². The summed E-state index contributed by atoms with van der Waals surface area (Å²) in [5.41, 5.74) is 7.33. The van der Waals surface area contributed by atoms with Crippen LogP contribution in [0.25, 0.3) is 44.6 Å². The number of H-pyrrole nitrogens is 2. The summed E-state index contributed by atoms with van der Waals surface area (Å²) in [7, 11) is 0. The van der Waals surface area contributed by atoms with Crippen molar-refractivity contribution in [1.29, 1.82) is 0 Å². The Morgan fingerprint density at radius 3 is 2.60 bits per heavy atom. The highest BCUT2D eigenvalue weighted by Gasteiger charge is 2.43. The van der Waals surface area contributed by atoms with Gasteiger partial charge in [0.15, 0.2) is 5.82 Å². The number of fused-ring (bicyclic) bond motifs is 3. The van der Waals surface area contributed by atoms with Gasteiger partial charge in [-0.3, -0.25) is 14.7 Å². The van der Waals surface area contributed by atoms with Crippen molar-refractivity contribution in [3.63, 3.8) is 0 Å². The number of aromatic nitrogens is 4. The van der Waals surface area contributed by atoms with Crippen LogP contribution in [-0.2, 0) is 15.0 Å². The number of carbonyl (C=O) groups is 2.